The highest BCUT2D eigenvalue weighted by molar-refractivity contribution is 7.77. The molecule has 1 saturated heterocycles. The predicted octanol–water partition coefficient (Wildman–Crippen LogP) is 5.84. The summed E-state index contributed by atoms with van der Waals surface area (Å²) < 4.78 is 5.55. The van der Waals surface area contributed by atoms with E-state index in [1.54, 1.807) is 0 Å². The molecule has 4 nitrogen and oxygen atoms in total. The molecular formula is C24H30ClNO3P+. The molecule has 2 aromatic carbocycles. The summed E-state index contributed by atoms with van der Waals surface area (Å²) in [7, 11) is -1.71. The van der Waals surface area contributed by atoms with E-state index in [2.05, 4.69) is 5.32 Å². The summed E-state index contributed by atoms with van der Waals surface area (Å²) in [5, 5.41) is 3.75. The lowest BCUT2D eigenvalue weighted by molar-refractivity contribution is -0.141. The number of amides is 1. The van der Waals surface area contributed by atoms with Crippen LogP contribution in [0.5, 0.6) is 0 Å². The van der Waals surface area contributed by atoms with E-state index in [1.165, 1.54) is 6.42 Å². The smallest absolute Gasteiger partial charge is 0.344 e. The number of aryl methyl sites for hydroxylation is 2. The predicted molar refractivity (Wildman–Crippen MR) is 126 cm³/mol. The molecular weight excluding hydrogens is 417 g/mol. The van der Waals surface area contributed by atoms with Crippen LogP contribution in [-0.2, 0) is 20.9 Å². The number of benzene rings is 2. The monoisotopic (exact) mass is 446 g/mol. The van der Waals surface area contributed by atoms with Crippen LogP contribution in [0, 0.1) is 13.8 Å². The van der Waals surface area contributed by atoms with Crippen molar-refractivity contribution in [3.05, 3.63) is 64.2 Å². The lowest BCUT2D eigenvalue weighted by Crippen LogP contribution is -2.28. The van der Waals surface area contributed by atoms with Crippen molar-refractivity contribution >= 4 is 36.4 Å². The van der Waals surface area contributed by atoms with Gasteiger partial charge >= 0.3 is 5.97 Å². The van der Waals surface area contributed by atoms with E-state index in [9.17, 15) is 9.59 Å². The van der Waals surface area contributed by atoms with E-state index in [4.69, 9.17) is 16.3 Å². The number of halogens is 1. The summed E-state index contributed by atoms with van der Waals surface area (Å²) in [5.74, 6) is -0.185. The molecule has 1 heterocycles. The minimum absolute atomic E-state index is 0.00499. The Morgan fingerprint density at radius 3 is 2.27 bits per heavy atom. The molecule has 0 atom stereocenters. The molecule has 160 valence electrons. The molecule has 0 unspecified atom stereocenters. The molecule has 0 spiro atoms. The quantitative estimate of drug-likeness (QED) is 0.429. The van der Waals surface area contributed by atoms with Crippen LogP contribution in [-0.4, -0.2) is 36.5 Å². The average molecular weight is 447 g/mol. The van der Waals surface area contributed by atoms with E-state index in [1.807, 2.05) is 56.3 Å². The number of anilines is 1. The summed E-state index contributed by atoms with van der Waals surface area (Å²) in [6.45, 7) is 4.18. The Morgan fingerprint density at radius 2 is 1.63 bits per heavy atom. The molecule has 1 amide bonds. The zero-order valence-corrected chi connectivity index (χ0v) is 19.4. The maximum absolute atomic E-state index is 13.0. The van der Waals surface area contributed by atoms with Gasteiger partial charge in [-0.15, -0.1) is 0 Å². The van der Waals surface area contributed by atoms with Crippen LogP contribution < -0.4 is 5.32 Å². The summed E-state index contributed by atoms with van der Waals surface area (Å²) in [5.41, 5.74) is 3.71. The highest BCUT2D eigenvalue weighted by Crippen LogP contribution is 2.62. The molecule has 0 aromatic heterocycles. The maximum atomic E-state index is 13.0. The van der Waals surface area contributed by atoms with Crippen LogP contribution in [0.25, 0.3) is 0 Å². The molecule has 0 bridgehead atoms. The lowest BCUT2D eigenvalue weighted by atomic mass is 10.1. The van der Waals surface area contributed by atoms with Gasteiger partial charge in [-0.25, -0.2) is 4.79 Å². The van der Waals surface area contributed by atoms with Gasteiger partial charge in [-0.3, -0.25) is 4.79 Å². The fourth-order valence-corrected chi connectivity index (χ4v) is 8.62. The van der Waals surface area contributed by atoms with Crippen LogP contribution in [0.2, 0.25) is 5.02 Å². The molecule has 0 saturated carbocycles. The highest BCUT2D eigenvalue weighted by atomic mass is 35.5. The van der Waals surface area contributed by atoms with Gasteiger partial charge in [-0.2, -0.15) is 0 Å². The Bertz CT molecular complexity index is 872. The molecule has 0 aliphatic carbocycles. The van der Waals surface area contributed by atoms with Gasteiger partial charge in [-0.05, 0) is 61.9 Å². The van der Waals surface area contributed by atoms with Gasteiger partial charge in [0.15, 0.2) is 6.16 Å². The first-order chi connectivity index (χ1) is 14.4. The van der Waals surface area contributed by atoms with Crippen molar-refractivity contribution in [1.82, 2.24) is 0 Å². The molecule has 1 fully saturated rings. The topological polar surface area (TPSA) is 55.4 Å². The molecule has 6 heteroatoms. The van der Waals surface area contributed by atoms with E-state index in [0.717, 1.165) is 47.5 Å². The number of ether oxygens (including phenoxy) is 1. The summed E-state index contributed by atoms with van der Waals surface area (Å²) in [6, 6.07) is 13.4. The zero-order valence-electron chi connectivity index (χ0n) is 17.7. The number of carbonyl (C=O) groups is 2. The Morgan fingerprint density at radius 1 is 1.00 bits per heavy atom. The van der Waals surface area contributed by atoms with E-state index >= 15 is 0 Å². The number of nitrogens with one attached hydrogen (secondary N) is 1. The number of hydrogen-bond donors (Lipinski definition) is 1. The number of carbonyl (C=O) groups excluding carboxylic acids is 2. The van der Waals surface area contributed by atoms with Crippen LogP contribution in [0.3, 0.4) is 0 Å². The van der Waals surface area contributed by atoms with E-state index < -0.39 is 7.26 Å². The van der Waals surface area contributed by atoms with E-state index in [0.29, 0.717) is 17.3 Å². The Kier molecular flexibility index (Phi) is 7.91. The number of hydrogen-bond acceptors (Lipinski definition) is 3. The van der Waals surface area contributed by atoms with Crippen LogP contribution in [0.1, 0.15) is 36.0 Å². The largest absolute Gasteiger partial charge is 0.458 e. The van der Waals surface area contributed by atoms with E-state index in [-0.39, 0.29) is 18.5 Å². The molecule has 1 aliphatic heterocycles. The number of esters is 1. The lowest BCUT2D eigenvalue weighted by Gasteiger charge is -2.29. The van der Waals surface area contributed by atoms with Gasteiger partial charge < -0.3 is 10.1 Å². The maximum Gasteiger partial charge on any atom is 0.344 e. The molecule has 30 heavy (non-hydrogen) atoms. The van der Waals surface area contributed by atoms with Crippen molar-refractivity contribution in [2.75, 3.05) is 30.0 Å². The fourth-order valence-electron chi connectivity index (χ4n) is 4.20. The third kappa shape index (κ3) is 6.30. The van der Waals surface area contributed by atoms with Gasteiger partial charge in [0, 0.05) is 18.0 Å². The third-order valence-corrected chi connectivity index (χ3v) is 10.3. The Balaban J connectivity index is 1.64. The van der Waals surface area contributed by atoms with Crippen molar-refractivity contribution in [2.24, 2.45) is 0 Å². The normalized spacial score (nSPS) is 15.4. The first-order valence-electron chi connectivity index (χ1n) is 10.5. The Hall–Kier alpha value is -1.90. The second-order valence-electron chi connectivity index (χ2n) is 8.27. The van der Waals surface area contributed by atoms with Crippen LogP contribution in [0.4, 0.5) is 5.69 Å². The first kappa shape index (κ1) is 22.8. The second-order valence-corrected chi connectivity index (χ2v) is 12.9. The van der Waals surface area contributed by atoms with Gasteiger partial charge in [0.1, 0.15) is 12.8 Å². The van der Waals surface area contributed by atoms with Crippen molar-refractivity contribution < 1.29 is 14.3 Å². The van der Waals surface area contributed by atoms with Crippen molar-refractivity contribution in [1.29, 1.82) is 0 Å². The molecule has 0 radical (unpaired) electrons. The van der Waals surface area contributed by atoms with Gasteiger partial charge in [0.05, 0.1) is 12.3 Å². The molecule has 1 aliphatic rings. The minimum Gasteiger partial charge on any atom is -0.458 e. The number of rotatable bonds is 7. The second kappa shape index (κ2) is 10.4. The Labute approximate surface area is 184 Å². The van der Waals surface area contributed by atoms with Crippen molar-refractivity contribution in [3.8, 4) is 0 Å². The SMILES string of the molecule is Cc1cc(Cl)cc(C)c1NC(=O)C[P+]1(CC(=O)OCc2ccccc2)CCCCC1. The molecule has 3 rings (SSSR count). The summed E-state index contributed by atoms with van der Waals surface area (Å²) >= 11 is 6.11. The van der Waals surface area contributed by atoms with Crippen LogP contribution >= 0.6 is 18.9 Å². The molecule has 2 aromatic rings. The average Bonchev–Trinajstić information content (AvgIpc) is 2.70. The zero-order chi connectivity index (χ0) is 21.6. The minimum atomic E-state index is -1.71. The third-order valence-electron chi connectivity index (χ3n) is 5.71. The van der Waals surface area contributed by atoms with Crippen molar-refractivity contribution in [2.45, 2.75) is 39.7 Å². The molecule has 1 N–H and O–H groups in total. The van der Waals surface area contributed by atoms with Crippen LogP contribution in [0.15, 0.2) is 42.5 Å². The first-order valence-corrected chi connectivity index (χ1v) is 13.4. The van der Waals surface area contributed by atoms with Gasteiger partial charge in [0.2, 0.25) is 0 Å². The van der Waals surface area contributed by atoms with Gasteiger partial charge in [-0.1, -0.05) is 41.9 Å². The summed E-state index contributed by atoms with van der Waals surface area (Å²) in [6.07, 6.45) is 6.16. The van der Waals surface area contributed by atoms with Crippen molar-refractivity contribution in [3.63, 3.8) is 0 Å². The highest BCUT2D eigenvalue weighted by Gasteiger charge is 2.43. The summed E-state index contributed by atoms with van der Waals surface area (Å²) in [4.78, 5) is 25.6. The van der Waals surface area contributed by atoms with Gasteiger partial charge in [0.25, 0.3) is 5.91 Å². The fraction of sp³-hybridized carbons (Fsp3) is 0.417. The standard InChI is InChI=1S/C24H29ClNO3P/c1-18-13-21(25)14-19(2)24(18)26-22(27)16-30(11-7-4-8-12-30)17-23(28)29-15-20-9-5-3-6-10-20/h3,5-6,9-10,13-14H,4,7-8,11-12,15-17H2,1-2H3/p+1.